The van der Waals surface area contributed by atoms with Crippen molar-refractivity contribution in [3.05, 3.63) is 68.2 Å². The van der Waals surface area contributed by atoms with Gasteiger partial charge in [-0.1, -0.05) is 44.5 Å². The van der Waals surface area contributed by atoms with E-state index in [9.17, 15) is 20.0 Å². The lowest BCUT2D eigenvalue weighted by molar-refractivity contribution is -0.385. The fourth-order valence-electron chi connectivity index (χ4n) is 2.19. The molecule has 2 rings (SSSR count). The Bertz CT molecular complexity index is 871. The number of hydrogen-bond acceptors (Lipinski definition) is 5. The molecule has 0 heterocycles. The van der Waals surface area contributed by atoms with E-state index in [1.54, 1.807) is 12.1 Å². The largest absolute Gasteiger partial charge is 0.502 e. The Morgan fingerprint density at radius 2 is 1.88 bits per heavy atom. The summed E-state index contributed by atoms with van der Waals surface area (Å²) in [7, 11) is 0. The normalized spacial score (nSPS) is 11.5. The molecule has 0 bridgehead atoms. The van der Waals surface area contributed by atoms with E-state index in [0.717, 1.165) is 17.8 Å². The zero-order valence-corrected chi connectivity index (χ0v) is 15.2. The lowest BCUT2D eigenvalue weighted by Crippen LogP contribution is -2.18. The summed E-state index contributed by atoms with van der Waals surface area (Å²) in [6.45, 7) is 6.22. The van der Waals surface area contributed by atoms with Crippen molar-refractivity contribution in [2.45, 2.75) is 26.2 Å². The Hall–Kier alpha value is -2.93. The minimum atomic E-state index is -0.756. The number of amides is 1. The number of phenolic OH excluding ortho intramolecular Hbond substituents is 1. The van der Waals surface area contributed by atoms with Gasteiger partial charge in [0.15, 0.2) is 0 Å². The predicted molar refractivity (Wildman–Crippen MR) is 100.0 cm³/mol. The monoisotopic (exact) mass is 375 g/mol. The molecule has 0 aliphatic carbocycles. The van der Waals surface area contributed by atoms with Crippen LogP contribution in [0.2, 0.25) is 5.02 Å². The number of phenols is 1. The number of benzene rings is 2. The van der Waals surface area contributed by atoms with Crippen molar-refractivity contribution < 1.29 is 14.8 Å². The van der Waals surface area contributed by atoms with Crippen LogP contribution in [0.3, 0.4) is 0 Å². The molecule has 26 heavy (non-hydrogen) atoms. The molecule has 0 aliphatic heterocycles. The van der Waals surface area contributed by atoms with Crippen LogP contribution < -0.4 is 5.43 Å². The van der Waals surface area contributed by atoms with Crippen LogP contribution in [0.4, 0.5) is 5.69 Å². The van der Waals surface area contributed by atoms with Crippen LogP contribution in [0.5, 0.6) is 5.75 Å². The highest BCUT2D eigenvalue weighted by molar-refractivity contribution is 6.31. The van der Waals surface area contributed by atoms with Crippen LogP contribution in [-0.2, 0) is 5.41 Å². The second kappa shape index (κ2) is 7.53. The van der Waals surface area contributed by atoms with Crippen molar-refractivity contribution in [1.29, 1.82) is 0 Å². The Balaban J connectivity index is 2.13. The molecule has 1 amide bonds. The molecular weight excluding hydrogens is 358 g/mol. The maximum atomic E-state index is 12.1. The molecule has 0 saturated carbocycles. The van der Waals surface area contributed by atoms with E-state index >= 15 is 0 Å². The topological polar surface area (TPSA) is 105 Å². The number of nitrogens with zero attached hydrogens (tertiary/aromatic N) is 2. The van der Waals surface area contributed by atoms with Crippen LogP contribution in [0.15, 0.2) is 41.5 Å². The van der Waals surface area contributed by atoms with Crippen LogP contribution in [-0.4, -0.2) is 22.2 Å². The van der Waals surface area contributed by atoms with Gasteiger partial charge in [0.25, 0.3) is 5.91 Å². The lowest BCUT2D eigenvalue weighted by Gasteiger charge is -2.18. The maximum absolute atomic E-state index is 12.1. The molecule has 0 spiro atoms. The summed E-state index contributed by atoms with van der Waals surface area (Å²) in [5, 5.41) is 24.5. The molecule has 0 unspecified atom stereocenters. The standard InChI is InChI=1S/C18H18ClN3O4/c1-18(2,3)13-6-4-11(5-7-13)17(24)21-20-10-12-8-14(19)9-15(16(12)23)22(25)26/h4-10,23H,1-3H3,(H,21,24)/b20-10-. The van der Waals surface area contributed by atoms with E-state index in [2.05, 4.69) is 31.3 Å². The highest BCUT2D eigenvalue weighted by Gasteiger charge is 2.18. The van der Waals surface area contributed by atoms with Gasteiger partial charge in [-0.3, -0.25) is 14.9 Å². The highest BCUT2D eigenvalue weighted by atomic mass is 35.5. The van der Waals surface area contributed by atoms with Crippen LogP contribution >= 0.6 is 11.6 Å². The molecule has 2 N–H and O–H groups in total. The molecular formula is C18H18ClN3O4. The molecule has 8 heteroatoms. The van der Waals surface area contributed by atoms with Crippen molar-refractivity contribution >= 4 is 29.4 Å². The second-order valence-electron chi connectivity index (χ2n) is 6.65. The van der Waals surface area contributed by atoms with Crippen molar-refractivity contribution in [2.75, 3.05) is 0 Å². The van der Waals surface area contributed by atoms with Crippen molar-refractivity contribution in [3.8, 4) is 5.75 Å². The summed E-state index contributed by atoms with van der Waals surface area (Å²) in [5.74, 6) is -1.02. The van der Waals surface area contributed by atoms with Gasteiger partial charge in [0.05, 0.1) is 11.1 Å². The number of rotatable bonds is 4. The first-order chi connectivity index (χ1) is 12.1. The summed E-state index contributed by atoms with van der Waals surface area (Å²) in [5.41, 5.74) is 3.27. The second-order valence-corrected chi connectivity index (χ2v) is 7.08. The fraction of sp³-hybridized carbons (Fsp3) is 0.222. The zero-order valence-electron chi connectivity index (χ0n) is 14.5. The van der Waals surface area contributed by atoms with Crippen LogP contribution in [0, 0.1) is 10.1 Å². The summed E-state index contributed by atoms with van der Waals surface area (Å²) < 4.78 is 0. The molecule has 0 radical (unpaired) electrons. The van der Waals surface area contributed by atoms with Crippen molar-refractivity contribution in [3.63, 3.8) is 0 Å². The number of carbonyl (C=O) groups excluding carboxylic acids is 1. The van der Waals surface area contributed by atoms with Crippen LogP contribution in [0.25, 0.3) is 0 Å². The summed E-state index contributed by atoms with van der Waals surface area (Å²) >= 11 is 5.79. The number of nitro groups is 1. The zero-order chi connectivity index (χ0) is 19.5. The Labute approximate surface area is 155 Å². The van der Waals surface area contributed by atoms with Gasteiger partial charge in [0, 0.05) is 22.2 Å². The maximum Gasteiger partial charge on any atom is 0.312 e. The third kappa shape index (κ3) is 4.58. The van der Waals surface area contributed by atoms with Gasteiger partial charge in [-0.2, -0.15) is 5.10 Å². The molecule has 2 aromatic carbocycles. The molecule has 0 saturated heterocycles. The number of aromatic hydroxyl groups is 1. The fourth-order valence-corrected chi connectivity index (χ4v) is 2.41. The Morgan fingerprint density at radius 1 is 1.27 bits per heavy atom. The number of nitro benzene ring substituents is 1. The van der Waals surface area contributed by atoms with E-state index in [0.29, 0.717) is 5.56 Å². The van der Waals surface area contributed by atoms with E-state index in [1.165, 1.54) is 6.07 Å². The molecule has 0 aromatic heterocycles. The number of nitrogens with one attached hydrogen (secondary N) is 1. The molecule has 0 atom stereocenters. The summed E-state index contributed by atoms with van der Waals surface area (Å²) in [4.78, 5) is 22.2. The highest BCUT2D eigenvalue weighted by Crippen LogP contribution is 2.32. The van der Waals surface area contributed by atoms with Gasteiger partial charge >= 0.3 is 5.69 Å². The lowest BCUT2D eigenvalue weighted by atomic mass is 9.87. The minimum Gasteiger partial charge on any atom is -0.502 e. The molecule has 136 valence electrons. The first-order valence-corrected chi connectivity index (χ1v) is 8.08. The van der Waals surface area contributed by atoms with Crippen molar-refractivity contribution in [1.82, 2.24) is 5.43 Å². The first-order valence-electron chi connectivity index (χ1n) is 7.70. The number of hydrazone groups is 1. The average molecular weight is 376 g/mol. The smallest absolute Gasteiger partial charge is 0.312 e. The minimum absolute atomic E-state index is 0.0209. The van der Waals surface area contributed by atoms with E-state index in [4.69, 9.17) is 11.6 Å². The van der Waals surface area contributed by atoms with Gasteiger partial charge in [-0.05, 0) is 29.2 Å². The van der Waals surface area contributed by atoms with E-state index < -0.39 is 22.3 Å². The van der Waals surface area contributed by atoms with Gasteiger partial charge in [0.2, 0.25) is 5.75 Å². The molecule has 2 aromatic rings. The third-order valence-corrected chi connectivity index (χ3v) is 3.88. The van der Waals surface area contributed by atoms with E-state index in [1.807, 2.05) is 12.1 Å². The van der Waals surface area contributed by atoms with Gasteiger partial charge in [-0.15, -0.1) is 0 Å². The van der Waals surface area contributed by atoms with Crippen LogP contribution in [0.1, 0.15) is 42.3 Å². The number of hydrogen-bond donors (Lipinski definition) is 2. The van der Waals surface area contributed by atoms with Gasteiger partial charge in [-0.25, -0.2) is 5.43 Å². The van der Waals surface area contributed by atoms with Gasteiger partial charge < -0.3 is 5.11 Å². The molecule has 0 fully saturated rings. The Kier molecular flexibility index (Phi) is 5.62. The average Bonchev–Trinajstić information content (AvgIpc) is 2.56. The SMILES string of the molecule is CC(C)(C)c1ccc(C(=O)N/N=C\c2cc(Cl)cc([N+](=O)[O-])c2O)cc1. The Morgan fingerprint density at radius 3 is 2.42 bits per heavy atom. The molecule has 7 nitrogen and oxygen atoms in total. The van der Waals surface area contributed by atoms with Gasteiger partial charge in [0.1, 0.15) is 0 Å². The molecule has 0 aliphatic rings. The van der Waals surface area contributed by atoms with Crippen molar-refractivity contribution in [2.24, 2.45) is 5.10 Å². The summed E-state index contributed by atoms with van der Waals surface area (Å²) in [6.07, 6.45) is 1.09. The quantitative estimate of drug-likeness (QED) is 0.478. The number of halogens is 1. The summed E-state index contributed by atoms with van der Waals surface area (Å²) in [6, 6.07) is 9.44. The predicted octanol–water partition coefficient (Wildman–Crippen LogP) is 4.02. The first kappa shape index (κ1) is 19.4. The third-order valence-electron chi connectivity index (χ3n) is 3.66. The van der Waals surface area contributed by atoms with E-state index in [-0.39, 0.29) is 16.0 Å². The number of carbonyl (C=O) groups is 1.